The summed E-state index contributed by atoms with van der Waals surface area (Å²) < 4.78 is 4.12. The fourth-order valence-electron chi connectivity index (χ4n) is 2.37. The Bertz CT molecular complexity index is 539. The highest BCUT2D eigenvalue weighted by atomic mass is 35.5. The van der Waals surface area contributed by atoms with Gasteiger partial charge in [0, 0.05) is 13.6 Å². The van der Waals surface area contributed by atoms with Crippen LogP contribution in [0, 0.1) is 12.8 Å². The van der Waals surface area contributed by atoms with Crippen molar-refractivity contribution >= 4 is 22.8 Å². The van der Waals surface area contributed by atoms with Crippen molar-refractivity contribution in [2.45, 2.75) is 46.0 Å². The van der Waals surface area contributed by atoms with Crippen LogP contribution in [0.3, 0.4) is 0 Å². The molecule has 2 aromatic rings. The van der Waals surface area contributed by atoms with Crippen LogP contribution < -0.4 is 0 Å². The zero-order chi connectivity index (χ0) is 13.3. The maximum atomic E-state index is 5.99. The van der Waals surface area contributed by atoms with E-state index in [1.54, 1.807) is 0 Å². The number of imidazole rings is 1. The minimum absolute atomic E-state index is 0.454. The first-order valence-corrected chi connectivity index (χ1v) is 7.02. The summed E-state index contributed by atoms with van der Waals surface area (Å²) in [6.45, 7) is 7.46. The quantitative estimate of drug-likeness (QED) is 0.781. The summed E-state index contributed by atoms with van der Waals surface area (Å²) in [5.41, 5.74) is 3.05. The molecule has 0 unspecified atom stereocenters. The van der Waals surface area contributed by atoms with Crippen LogP contribution in [0.2, 0.25) is 0 Å². The van der Waals surface area contributed by atoms with Gasteiger partial charge in [-0.3, -0.25) is 4.68 Å². The molecule has 0 spiro atoms. The number of alkyl halides is 1. The average molecular weight is 269 g/mol. The van der Waals surface area contributed by atoms with E-state index in [1.807, 2.05) is 18.7 Å². The Morgan fingerprint density at radius 2 is 2.06 bits per heavy atom. The highest BCUT2D eigenvalue weighted by Gasteiger charge is 2.16. The first-order valence-electron chi connectivity index (χ1n) is 6.49. The van der Waals surface area contributed by atoms with Crippen molar-refractivity contribution in [3.63, 3.8) is 0 Å². The Labute approximate surface area is 113 Å². The zero-order valence-corrected chi connectivity index (χ0v) is 12.3. The fraction of sp³-hybridized carbons (Fsp3) is 0.692. The van der Waals surface area contributed by atoms with E-state index < -0.39 is 0 Å². The molecular weight excluding hydrogens is 248 g/mol. The standard InChI is InChI=1S/C13H21ClN4/c1-9(2)6-5-7-18-11(8-14)15-12-10(3)16-17(4)13(12)18/h9H,5-8H2,1-4H3. The first-order chi connectivity index (χ1) is 8.54. The lowest BCUT2D eigenvalue weighted by Crippen LogP contribution is -2.07. The van der Waals surface area contributed by atoms with Crippen molar-refractivity contribution in [2.24, 2.45) is 13.0 Å². The molecular formula is C13H21ClN4. The summed E-state index contributed by atoms with van der Waals surface area (Å²) in [5, 5.41) is 4.42. The van der Waals surface area contributed by atoms with Crippen LogP contribution in [-0.4, -0.2) is 19.3 Å². The van der Waals surface area contributed by atoms with Crippen molar-refractivity contribution < 1.29 is 0 Å². The van der Waals surface area contributed by atoms with E-state index in [9.17, 15) is 0 Å². The van der Waals surface area contributed by atoms with E-state index >= 15 is 0 Å². The van der Waals surface area contributed by atoms with Crippen LogP contribution in [0.25, 0.3) is 11.2 Å². The van der Waals surface area contributed by atoms with Crippen molar-refractivity contribution in [3.05, 3.63) is 11.5 Å². The van der Waals surface area contributed by atoms with Crippen molar-refractivity contribution in [2.75, 3.05) is 0 Å². The molecule has 2 rings (SSSR count). The molecule has 0 bridgehead atoms. The third-order valence-corrected chi connectivity index (χ3v) is 3.49. The molecule has 0 atom stereocenters. The van der Waals surface area contributed by atoms with Gasteiger partial charge >= 0.3 is 0 Å². The van der Waals surface area contributed by atoms with E-state index in [0.717, 1.165) is 41.6 Å². The minimum atomic E-state index is 0.454. The second kappa shape index (κ2) is 5.31. The van der Waals surface area contributed by atoms with Gasteiger partial charge in [0.1, 0.15) is 11.3 Å². The molecule has 0 fully saturated rings. The minimum Gasteiger partial charge on any atom is -0.312 e. The highest BCUT2D eigenvalue weighted by Crippen LogP contribution is 2.21. The monoisotopic (exact) mass is 268 g/mol. The largest absolute Gasteiger partial charge is 0.312 e. The summed E-state index contributed by atoms with van der Waals surface area (Å²) in [6, 6.07) is 0. The molecule has 0 aliphatic carbocycles. The number of aromatic nitrogens is 4. The van der Waals surface area contributed by atoms with Crippen molar-refractivity contribution in [1.82, 2.24) is 19.3 Å². The Balaban J connectivity index is 2.34. The van der Waals surface area contributed by atoms with Crippen LogP contribution in [0.5, 0.6) is 0 Å². The molecule has 0 saturated carbocycles. The van der Waals surface area contributed by atoms with Gasteiger partial charge in [-0.2, -0.15) is 5.10 Å². The second-order valence-electron chi connectivity index (χ2n) is 5.23. The number of rotatable bonds is 5. The molecule has 0 aromatic carbocycles. The van der Waals surface area contributed by atoms with Gasteiger partial charge in [0.2, 0.25) is 0 Å². The molecule has 0 aliphatic rings. The Kier molecular flexibility index (Phi) is 3.95. The number of fused-ring (bicyclic) bond motifs is 1. The summed E-state index contributed by atoms with van der Waals surface area (Å²) in [4.78, 5) is 4.60. The lowest BCUT2D eigenvalue weighted by molar-refractivity contribution is 0.507. The van der Waals surface area contributed by atoms with Gasteiger partial charge in [-0.05, 0) is 25.7 Å². The van der Waals surface area contributed by atoms with Crippen molar-refractivity contribution in [3.8, 4) is 0 Å². The number of halogens is 1. The summed E-state index contributed by atoms with van der Waals surface area (Å²) in [5.74, 6) is 2.14. The average Bonchev–Trinajstić information content (AvgIpc) is 2.79. The van der Waals surface area contributed by atoms with Gasteiger partial charge in [0.15, 0.2) is 5.65 Å². The zero-order valence-electron chi connectivity index (χ0n) is 11.6. The molecule has 2 heterocycles. The van der Waals surface area contributed by atoms with Crippen molar-refractivity contribution in [1.29, 1.82) is 0 Å². The topological polar surface area (TPSA) is 35.6 Å². The normalized spacial score (nSPS) is 11.9. The third-order valence-electron chi connectivity index (χ3n) is 3.25. The van der Waals surface area contributed by atoms with Gasteiger partial charge in [-0.25, -0.2) is 4.98 Å². The van der Waals surface area contributed by atoms with E-state index in [4.69, 9.17) is 11.6 Å². The lowest BCUT2D eigenvalue weighted by atomic mass is 10.1. The molecule has 0 saturated heterocycles. The summed E-state index contributed by atoms with van der Waals surface area (Å²) in [7, 11) is 1.97. The Morgan fingerprint density at radius 1 is 1.33 bits per heavy atom. The molecule has 5 heteroatoms. The van der Waals surface area contributed by atoms with Gasteiger partial charge in [0.25, 0.3) is 0 Å². The van der Waals surface area contributed by atoms with E-state index in [1.165, 1.54) is 6.42 Å². The van der Waals surface area contributed by atoms with E-state index in [0.29, 0.717) is 5.88 Å². The molecule has 100 valence electrons. The molecule has 2 aromatic heterocycles. The Morgan fingerprint density at radius 3 is 2.67 bits per heavy atom. The number of hydrogen-bond acceptors (Lipinski definition) is 2. The molecule has 0 aliphatic heterocycles. The SMILES string of the molecule is Cc1nn(C)c2c1nc(CCl)n2CCCC(C)C. The molecule has 0 N–H and O–H groups in total. The summed E-state index contributed by atoms with van der Waals surface area (Å²) in [6.07, 6.45) is 2.37. The predicted octanol–water partition coefficient (Wildman–Crippen LogP) is 3.25. The fourth-order valence-corrected chi connectivity index (χ4v) is 2.58. The third kappa shape index (κ3) is 2.39. The van der Waals surface area contributed by atoms with Crippen LogP contribution in [-0.2, 0) is 19.5 Å². The van der Waals surface area contributed by atoms with Gasteiger partial charge in [-0.15, -0.1) is 11.6 Å². The second-order valence-corrected chi connectivity index (χ2v) is 5.50. The number of nitrogens with zero attached hydrogens (tertiary/aromatic N) is 4. The maximum Gasteiger partial charge on any atom is 0.158 e. The van der Waals surface area contributed by atoms with Crippen LogP contribution in [0.15, 0.2) is 0 Å². The van der Waals surface area contributed by atoms with Crippen LogP contribution in [0.4, 0.5) is 0 Å². The van der Waals surface area contributed by atoms with Gasteiger partial charge in [-0.1, -0.05) is 13.8 Å². The van der Waals surface area contributed by atoms with Crippen LogP contribution >= 0.6 is 11.6 Å². The number of aryl methyl sites for hydroxylation is 3. The maximum absolute atomic E-state index is 5.99. The van der Waals surface area contributed by atoms with E-state index in [2.05, 4.69) is 28.5 Å². The summed E-state index contributed by atoms with van der Waals surface area (Å²) >= 11 is 5.99. The van der Waals surface area contributed by atoms with Gasteiger partial charge < -0.3 is 4.57 Å². The highest BCUT2D eigenvalue weighted by molar-refractivity contribution is 6.16. The number of hydrogen-bond donors (Lipinski definition) is 0. The predicted molar refractivity (Wildman–Crippen MR) is 74.9 cm³/mol. The van der Waals surface area contributed by atoms with Crippen LogP contribution in [0.1, 0.15) is 38.2 Å². The molecule has 18 heavy (non-hydrogen) atoms. The molecule has 0 amide bonds. The van der Waals surface area contributed by atoms with E-state index in [-0.39, 0.29) is 0 Å². The first kappa shape index (κ1) is 13.4. The lowest BCUT2D eigenvalue weighted by Gasteiger charge is -2.09. The molecule has 4 nitrogen and oxygen atoms in total. The molecule has 0 radical (unpaired) electrons. The van der Waals surface area contributed by atoms with Gasteiger partial charge in [0.05, 0.1) is 11.6 Å². The Hall–Kier alpha value is -1.03. The smallest absolute Gasteiger partial charge is 0.158 e.